The van der Waals surface area contributed by atoms with Crippen LogP contribution >= 0.6 is 0 Å². The Morgan fingerprint density at radius 3 is 2.50 bits per heavy atom. The van der Waals surface area contributed by atoms with Crippen LogP contribution in [0.3, 0.4) is 0 Å². The number of nitrogens with zero attached hydrogens (tertiary/aromatic N) is 1. The number of amides is 1. The van der Waals surface area contributed by atoms with E-state index < -0.39 is 12.0 Å². The van der Waals surface area contributed by atoms with Gasteiger partial charge in [-0.1, -0.05) is 43.3 Å². The van der Waals surface area contributed by atoms with Crippen LogP contribution in [0.2, 0.25) is 0 Å². The number of carboxylic acid groups (broad SMARTS) is 1. The molecule has 2 N–H and O–H groups in total. The molecule has 1 aliphatic rings. The second-order valence-corrected chi connectivity index (χ2v) is 6.62. The summed E-state index contributed by atoms with van der Waals surface area (Å²) in [5, 5.41) is 10.9. The minimum Gasteiger partial charge on any atom is -0.480 e. The second-order valence-electron chi connectivity index (χ2n) is 6.62. The number of hydrogen-bond acceptors (Lipinski definition) is 2. The fourth-order valence-electron chi connectivity index (χ4n) is 3.99. The normalized spacial score (nSPS) is 19.3. The molecule has 2 atom stereocenters. The predicted octanol–water partition coefficient (Wildman–Crippen LogP) is 3.77. The second kappa shape index (κ2) is 6.33. The topological polar surface area (TPSA) is 73.4 Å². The van der Waals surface area contributed by atoms with E-state index in [2.05, 4.69) is 4.98 Å². The molecule has 0 fully saturated rings. The van der Waals surface area contributed by atoms with Crippen LogP contribution in [-0.2, 0) is 11.2 Å². The Morgan fingerprint density at radius 1 is 1.12 bits per heavy atom. The highest BCUT2D eigenvalue weighted by Crippen LogP contribution is 2.39. The fraction of sp³-hybridized carbons (Fsp3) is 0.238. The Hall–Kier alpha value is -3.08. The number of rotatable bonds is 3. The van der Waals surface area contributed by atoms with Crippen LogP contribution in [0.5, 0.6) is 0 Å². The van der Waals surface area contributed by atoms with Crippen LogP contribution in [-0.4, -0.2) is 32.9 Å². The first kappa shape index (κ1) is 16.4. The van der Waals surface area contributed by atoms with Crippen LogP contribution < -0.4 is 0 Å². The van der Waals surface area contributed by atoms with Gasteiger partial charge in [-0.2, -0.15) is 0 Å². The van der Waals surface area contributed by atoms with Gasteiger partial charge in [-0.15, -0.1) is 0 Å². The van der Waals surface area contributed by atoms with E-state index in [1.807, 2.05) is 37.3 Å². The van der Waals surface area contributed by atoms with Gasteiger partial charge in [0.05, 0.1) is 6.04 Å². The van der Waals surface area contributed by atoms with Gasteiger partial charge in [-0.05, 0) is 30.2 Å². The maximum absolute atomic E-state index is 13.2. The molecule has 0 saturated carbocycles. The molecular formula is C21H20N2O3. The Labute approximate surface area is 151 Å². The first-order valence-electron chi connectivity index (χ1n) is 8.81. The van der Waals surface area contributed by atoms with Crippen molar-refractivity contribution in [3.05, 3.63) is 71.4 Å². The zero-order valence-corrected chi connectivity index (χ0v) is 14.5. The van der Waals surface area contributed by atoms with E-state index in [1.54, 1.807) is 24.3 Å². The summed E-state index contributed by atoms with van der Waals surface area (Å²) in [6, 6.07) is 15.6. The molecule has 2 aromatic carbocycles. The molecule has 0 spiro atoms. The summed E-state index contributed by atoms with van der Waals surface area (Å²) in [6.07, 6.45) is 0.950. The van der Waals surface area contributed by atoms with Crippen LogP contribution in [0.4, 0.5) is 0 Å². The lowest BCUT2D eigenvalue weighted by Gasteiger charge is -2.40. The summed E-state index contributed by atoms with van der Waals surface area (Å²) in [6.45, 7) is 1.98. The number of carbonyl (C=O) groups excluding carboxylic acids is 1. The quantitative estimate of drug-likeness (QED) is 0.757. The summed E-state index contributed by atoms with van der Waals surface area (Å²) in [5.41, 5.74) is 3.46. The number of aliphatic carboxylic acids is 1. The predicted molar refractivity (Wildman–Crippen MR) is 99.1 cm³/mol. The molecular weight excluding hydrogens is 328 g/mol. The van der Waals surface area contributed by atoms with Gasteiger partial charge in [0.25, 0.3) is 5.91 Å². The van der Waals surface area contributed by atoms with E-state index in [0.29, 0.717) is 18.4 Å². The Balaban J connectivity index is 1.87. The number of fused-ring (bicyclic) bond motifs is 3. The summed E-state index contributed by atoms with van der Waals surface area (Å²) in [4.78, 5) is 30.1. The van der Waals surface area contributed by atoms with E-state index in [4.69, 9.17) is 0 Å². The molecule has 1 aromatic heterocycles. The molecule has 1 amide bonds. The van der Waals surface area contributed by atoms with Crippen LogP contribution in [0, 0.1) is 0 Å². The maximum Gasteiger partial charge on any atom is 0.326 e. The van der Waals surface area contributed by atoms with E-state index in [0.717, 1.165) is 22.2 Å². The Kier molecular flexibility index (Phi) is 3.99. The zero-order valence-electron chi connectivity index (χ0n) is 14.5. The number of H-pyrrole nitrogens is 1. The minimum absolute atomic E-state index is 0.242. The fourth-order valence-corrected chi connectivity index (χ4v) is 3.99. The summed E-state index contributed by atoms with van der Waals surface area (Å²) < 4.78 is 0. The third-order valence-electron chi connectivity index (χ3n) is 5.18. The molecule has 5 heteroatoms. The van der Waals surface area contributed by atoms with Crippen molar-refractivity contribution in [2.75, 3.05) is 0 Å². The van der Waals surface area contributed by atoms with Crippen molar-refractivity contribution in [2.24, 2.45) is 0 Å². The third kappa shape index (κ3) is 2.47. The van der Waals surface area contributed by atoms with Gasteiger partial charge < -0.3 is 15.0 Å². The molecule has 0 saturated heterocycles. The number of hydrogen-bond donors (Lipinski definition) is 2. The smallest absolute Gasteiger partial charge is 0.326 e. The molecule has 4 rings (SSSR count). The Bertz CT molecular complexity index is 977. The summed E-state index contributed by atoms with van der Waals surface area (Å²) in [5.74, 6) is -1.21. The molecule has 1 aliphatic heterocycles. The van der Waals surface area contributed by atoms with Gasteiger partial charge in [0.15, 0.2) is 0 Å². The standard InChI is InChI=1S/C21H20N2O3/c1-2-17-19-15(14-10-6-7-11-16(14)22-19)12-18(21(25)26)23(17)20(24)13-8-4-3-5-9-13/h3-11,17-18,22H,2,12H2,1H3,(H,25,26)/t17-,18+/m1/s1. The van der Waals surface area contributed by atoms with Crippen molar-refractivity contribution >= 4 is 22.8 Å². The molecule has 0 unspecified atom stereocenters. The summed E-state index contributed by atoms with van der Waals surface area (Å²) in [7, 11) is 0. The lowest BCUT2D eigenvalue weighted by atomic mass is 9.89. The highest BCUT2D eigenvalue weighted by Gasteiger charge is 2.42. The number of para-hydroxylation sites is 1. The lowest BCUT2D eigenvalue weighted by molar-refractivity contribution is -0.143. The number of nitrogens with one attached hydrogen (secondary N) is 1. The highest BCUT2D eigenvalue weighted by atomic mass is 16.4. The van der Waals surface area contributed by atoms with Crippen molar-refractivity contribution in [1.82, 2.24) is 9.88 Å². The van der Waals surface area contributed by atoms with E-state index in [1.165, 1.54) is 4.90 Å². The first-order chi connectivity index (χ1) is 12.6. The number of aromatic amines is 1. The third-order valence-corrected chi connectivity index (χ3v) is 5.18. The van der Waals surface area contributed by atoms with Gasteiger partial charge in [-0.25, -0.2) is 4.79 Å². The van der Waals surface area contributed by atoms with Crippen molar-refractivity contribution < 1.29 is 14.7 Å². The van der Waals surface area contributed by atoms with Gasteiger partial charge in [0.1, 0.15) is 6.04 Å². The minimum atomic E-state index is -0.969. The molecule has 0 aliphatic carbocycles. The van der Waals surface area contributed by atoms with Gasteiger partial charge in [0.2, 0.25) is 0 Å². The largest absolute Gasteiger partial charge is 0.480 e. The number of benzene rings is 2. The monoisotopic (exact) mass is 348 g/mol. The number of carboxylic acids is 1. The van der Waals surface area contributed by atoms with Crippen molar-refractivity contribution in [2.45, 2.75) is 31.8 Å². The van der Waals surface area contributed by atoms with Gasteiger partial charge in [0, 0.05) is 28.6 Å². The zero-order chi connectivity index (χ0) is 18.3. The summed E-state index contributed by atoms with van der Waals surface area (Å²) >= 11 is 0. The van der Waals surface area contributed by atoms with Gasteiger partial charge in [-0.3, -0.25) is 4.79 Å². The Morgan fingerprint density at radius 2 is 1.81 bits per heavy atom. The molecule has 3 aromatic rings. The highest BCUT2D eigenvalue weighted by molar-refractivity contribution is 5.98. The van der Waals surface area contributed by atoms with Crippen LogP contribution in [0.15, 0.2) is 54.6 Å². The van der Waals surface area contributed by atoms with Crippen molar-refractivity contribution in [1.29, 1.82) is 0 Å². The molecule has 0 bridgehead atoms. The number of aromatic nitrogens is 1. The number of carbonyl (C=O) groups is 2. The van der Waals surface area contributed by atoms with Crippen molar-refractivity contribution in [3.63, 3.8) is 0 Å². The SMILES string of the molecule is CC[C@@H]1c2[nH]c3ccccc3c2C[C@@H](C(=O)O)N1C(=O)c1ccccc1. The van der Waals surface area contributed by atoms with Gasteiger partial charge >= 0.3 is 5.97 Å². The van der Waals surface area contributed by atoms with E-state index >= 15 is 0 Å². The molecule has 26 heavy (non-hydrogen) atoms. The van der Waals surface area contributed by atoms with Crippen molar-refractivity contribution in [3.8, 4) is 0 Å². The lowest BCUT2D eigenvalue weighted by Crippen LogP contribution is -2.51. The molecule has 2 heterocycles. The molecule has 0 radical (unpaired) electrons. The van der Waals surface area contributed by atoms with Crippen LogP contribution in [0.1, 0.15) is 41.0 Å². The van der Waals surface area contributed by atoms with E-state index in [9.17, 15) is 14.7 Å². The van der Waals surface area contributed by atoms with E-state index in [-0.39, 0.29) is 11.9 Å². The van der Waals surface area contributed by atoms with Crippen LogP contribution in [0.25, 0.3) is 10.9 Å². The molecule has 5 nitrogen and oxygen atoms in total. The average molecular weight is 348 g/mol. The molecule has 132 valence electrons. The first-order valence-corrected chi connectivity index (χ1v) is 8.81. The average Bonchev–Trinajstić information content (AvgIpc) is 3.05. The maximum atomic E-state index is 13.2.